The van der Waals surface area contributed by atoms with Crippen LogP contribution in [0.2, 0.25) is 0 Å². The average Bonchev–Trinajstić information content (AvgIpc) is 3.69. The van der Waals surface area contributed by atoms with Crippen LogP contribution in [0.5, 0.6) is 0 Å². The molecule has 0 aliphatic carbocycles. The van der Waals surface area contributed by atoms with Crippen molar-refractivity contribution >= 4 is 23.2 Å². The first kappa shape index (κ1) is 26.8. The molecule has 2 aliphatic heterocycles. The zero-order valence-corrected chi connectivity index (χ0v) is 23.7. The second-order valence-electron chi connectivity index (χ2n) is 11.3. The van der Waals surface area contributed by atoms with Crippen LogP contribution in [-0.4, -0.2) is 55.9 Å². The topological polar surface area (TPSA) is 91.0 Å². The van der Waals surface area contributed by atoms with Crippen molar-refractivity contribution in [1.82, 2.24) is 19.3 Å². The number of hydrogen-bond donors (Lipinski definition) is 1. The standard InChI is InChI=1S/C34H30FN5O3/c1-21-27-7-3-2-5-22(27)11-14-40(21)33(41)25-15-29(23-6-4-12-36-17-23)32-37-31(20-39(32)19-25)28-9-8-26(16-30(28)35)38-13-10-24(18-38)34(42)43/h2-9,12,15-17,19-21,24H,10-11,13-14,18H2,1H3,(H,42,43)/t21-,24+/m1/s1. The van der Waals surface area contributed by atoms with E-state index >= 15 is 4.39 Å². The number of carboxylic acids is 1. The Morgan fingerprint density at radius 3 is 2.63 bits per heavy atom. The second kappa shape index (κ2) is 10.7. The highest BCUT2D eigenvalue weighted by Crippen LogP contribution is 2.34. The Kier molecular flexibility index (Phi) is 6.65. The number of anilines is 1. The quantitative estimate of drug-likeness (QED) is 0.282. The molecule has 1 saturated heterocycles. The number of aromatic nitrogens is 3. The monoisotopic (exact) mass is 575 g/mol. The first-order chi connectivity index (χ1) is 20.9. The highest BCUT2D eigenvalue weighted by Gasteiger charge is 2.30. The molecule has 0 spiro atoms. The Labute approximate surface area is 248 Å². The summed E-state index contributed by atoms with van der Waals surface area (Å²) in [5, 5.41) is 9.34. The van der Waals surface area contributed by atoms with Gasteiger partial charge in [-0.25, -0.2) is 9.37 Å². The fourth-order valence-corrected chi connectivity index (χ4v) is 6.40. The number of imidazole rings is 1. The summed E-state index contributed by atoms with van der Waals surface area (Å²) in [6, 6.07) is 18.7. The number of halogens is 1. The van der Waals surface area contributed by atoms with Gasteiger partial charge in [0.1, 0.15) is 11.5 Å². The zero-order chi connectivity index (χ0) is 29.7. The molecular weight excluding hydrogens is 545 g/mol. The predicted octanol–water partition coefficient (Wildman–Crippen LogP) is 5.87. The van der Waals surface area contributed by atoms with E-state index in [1.807, 2.05) is 40.1 Å². The summed E-state index contributed by atoms with van der Waals surface area (Å²) in [6.45, 7) is 3.60. The maximum Gasteiger partial charge on any atom is 0.308 e. The van der Waals surface area contributed by atoms with Crippen LogP contribution in [0.1, 0.15) is 40.9 Å². The number of amides is 1. The van der Waals surface area contributed by atoms with E-state index in [2.05, 4.69) is 24.0 Å². The Morgan fingerprint density at radius 1 is 1.00 bits per heavy atom. The minimum absolute atomic E-state index is 0.0673. The molecule has 3 aromatic heterocycles. The van der Waals surface area contributed by atoms with E-state index in [4.69, 9.17) is 4.98 Å². The SMILES string of the molecule is C[C@@H]1c2ccccc2CCN1C(=O)c1cc(-c2cccnc2)c2nc(-c3ccc(N4CC[C@H](C(=O)O)C4)cc3F)cn2c1. The van der Waals surface area contributed by atoms with Crippen LogP contribution < -0.4 is 4.90 Å². The molecule has 5 aromatic rings. The van der Waals surface area contributed by atoms with E-state index in [-0.39, 0.29) is 11.9 Å². The van der Waals surface area contributed by atoms with Gasteiger partial charge in [-0.2, -0.15) is 0 Å². The minimum atomic E-state index is -0.828. The van der Waals surface area contributed by atoms with Gasteiger partial charge in [-0.05, 0) is 61.2 Å². The van der Waals surface area contributed by atoms with Crippen molar-refractivity contribution in [2.45, 2.75) is 25.8 Å². The molecule has 0 bridgehead atoms. The molecule has 8 nitrogen and oxygen atoms in total. The molecule has 5 heterocycles. The molecule has 1 amide bonds. The fourth-order valence-electron chi connectivity index (χ4n) is 6.40. The van der Waals surface area contributed by atoms with Crippen molar-refractivity contribution in [2.24, 2.45) is 5.92 Å². The molecule has 2 aromatic carbocycles. The summed E-state index contributed by atoms with van der Waals surface area (Å²) in [5.74, 6) is -1.80. The summed E-state index contributed by atoms with van der Waals surface area (Å²) >= 11 is 0. The van der Waals surface area contributed by atoms with E-state index < -0.39 is 17.7 Å². The van der Waals surface area contributed by atoms with Gasteiger partial charge in [0.25, 0.3) is 5.91 Å². The zero-order valence-electron chi connectivity index (χ0n) is 23.7. The lowest BCUT2D eigenvalue weighted by Gasteiger charge is -2.35. The lowest BCUT2D eigenvalue weighted by molar-refractivity contribution is -0.140. The number of carboxylic acid groups (broad SMARTS) is 1. The van der Waals surface area contributed by atoms with Crippen molar-refractivity contribution in [1.29, 1.82) is 0 Å². The van der Waals surface area contributed by atoms with Crippen LogP contribution in [0.4, 0.5) is 10.1 Å². The van der Waals surface area contributed by atoms with Crippen LogP contribution in [0.3, 0.4) is 0 Å². The van der Waals surface area contributed by atoms with Crippen molar-refractivity contribution in [2.75, 3.05) is 24.5 Å². The third-order valence-corrected chi connectivity index (χ3v) is 8.76. The molecule has 216 valence electrons. The molecule has 2 atom stereocenters. The molecule has 0 unspecified atom stereocenters. The van der Waals surface area contributed by atoms with Gasteiger partial charge in [0.15, 0.2) is 0 Å². The van der Waals surface area contributed by atoms with Gasteiger partial charge in [0.2, 0.25) is 0 Å². The normalized spacial score (nSPS) is 18.2. The summed E-state index contributed by atoms with van der Waals surface area (Å²) in [5.41, 5.74) is 6.46. The predicted molar refractivity (Wildman–Crippen MR) is 161 cm³/mol. The van der Waals surface area contributed by atoms with E-state index in [0.29, 0.717) is 54.2 Å². The largest absolute Gasteiger partial charge is 0.481 e. The molecule has 43 heavy (non-hydrogen) atoms. The first-order valence-corrected chi connectivity index (χ1v) is 14.5. The van der Waals surface area contributed by atoms with Gasteiger partial charge in [-0.3, -0.25) is 14.6 Å². The smallest absolute Gasteiger partial charge is 0.308 e. The maximum absolute atomic E-state index is 15.5. The number of nitrogens with zero attached hydrogens (tertiary/aromatic N) is 5. The molecular formula is C34H30FN5O3. The van der Waals surface area contributed by atoms with Gasteiger partial charge < -0.3 is 19.3 Å². The summed E-state index contributed by atoms with van der Waals surface area (Å²) in [6.07, 6.45) is 8.26. The Morgan fingerprint density at radius 2 is 1.86 bits per heavy atom. The van der Waals surface area contributed by atoms with Crippen LogP contribution in [-0.2, 0) is 11.2 Å². The minimum Gasteiger partial charge on any atom is -0.481 e. The van der Waals surface area contributed by atoms with Crippen LogP contribution in [0.15, 0.2) is 85.5 Å². The lowest BCUT2D eigenvalue weighted by Crippen LogP contribution is -2.38. The molecule has 0 radical (unpaired) electrons. The van der Waals surface area contributed by atoms with E-state index in [1.54, 1.807) is 41.3 Å². The van der Waals surface area contributed by atoms with Crippen molar-refractivity contribution in [3.8, 4) is 22.4 Å². The molecule has 1 N–H and O–H groups in total. The number of benzene rings is 2. The van der Waals surface area contributed by atoms with Gasteiger partial charge in [-0.15, -0.1) is 0 Å². The lowest BCUT2D eigenvalue weighted by atomic mass is 9.93. The molecule has 2 aliphatic rings. The van der Waals surface area contributed by atoms with Gasteiger partial charge in [-0.1, -0.05) is 30.3 Å². The number of aliphatic carboxylic acids is 1. The third-order valence-electron chi connectivity index (χ3n) is 8.76. The van der Waals surface area contributed by atoms with Gasteiger partial charge >= 0.3 is 5.97 Å². The second-order valence-corrected chi connectivity index (χ2v) is 11.3. The van der Waals surface area contributed by atoms with Crippen LogP contribution in [0.25, 0.3) is 28.0 Å². The molecule has 1 fully saturated rings. The average molecular weight is 576 g/mol. The Bertz CT molecular complexity index is 1870. The summed E-state index contributed by atoms with van der Waals surface area (Å²) < 4.78 is 17.3. The van der Waals surface area contributed by atoms with Gasteiger partial charge in [0, 0.05) is 66.8 Å². The number of hydrogen-bond acceptors (Lipinski definition) is 5. The molecule has 9 heteroatoms. The maximum atomic E-state index is 15.5. The number of carbonyl (C=O) groups is 2. The molecule has 7 rings (SSSR count). The van der Waals surface area contributed by atoms with Crippen molar-refractivity contribution in [3.63, 3.8) is 0 Å². The van der Waals surface area contributed by atoms with Crippen LogP contribution >= 0.6 is 0 Å². The molecule has 0 saturated carbocycles. The Balaban J connectivity index is 1.26. The van der Waals surface area contributed by atoms with Gasteiger partial charge in [0.05, 0.1) is 23.2 Å². The number of fused-ring (bicyclic) bond motifs is 2. The summed E-state index contributed by atoms with van der Waals surface area (Å²) in [4.78, 5) is 38.3. The van der Waals surface area contributed by atoms with Crippen LogP contribution in [0, 0.1) is 11.7 Å². The number of rotatable bonds is 5. The number of pyridine rings is 2. The highest BCUT2D eigenvalue weighted by atomic mass is 19.1. The first-order valence-electron chi connectivity index (χ1n) is 14.5. The number of carbonyl (C=O) groups excluding carboxylic acids is 1. The van der Waals surface area contributed by atoms with E-state index in [9.17, 15) is 14.7 Å². The summed E-state index contributed by atoms with van der Waals surface area (Å²) in [7, 11) is 0. The fraction of sp³-hybridized carbons (Fsp3) is 0.235. The van der Waals surface area contributed by atoms with E-state index in [0.717, 1.165) is 23.1 Å². The van der Waals surface area contributed by atoms with Crippen molar-refractivity contribution in [3.05, 3.63) is 108 Å². The van der Waals surface area contributed by atoms with Crippen molar-refractivity contribution < 1.29 is 19.1 Å². The highest BCUT2D eigenvalue weighted by molar-refractivity contribution is 5.97. The Hall–Kier alpha value is -5.05. The van der Waals surface area contributed by atoms with E-state index in [1.165, 1.54) is 11.6 Å². The third kappa shape index (κ3) is 4.80.